The van der Waals surface area contributed by atoms with Crippen molar-refractivity contribution in [3.8, 4) is 22.3 Å². The van der Waals surface area contributed by atoms with Gasteiger partial charge in [-0.25, -0.2) is 73.1 Å². The van der Waals surface area contributed by atoms with E-state index in [1.165, 1.54) is 48.9 Å². The number of fused-ring (bicyclic) bond motifs is 2. The maximum Gasteiger partial charge on any atom is 0.266 e. The first-order valence-corrected chi connectivity index (χ1v) is 35.3. The molecule has 6 heterocycles. The molecule has 0 amide bonds. The SMILES string of the molecule is Nc1ccc(F)c(C(=O)c2cn(C(=O)c3c(Cl)cccc3Cl)c3ncc(-c4cnc(C5CC5)nc4)cc23)c1F.O=C(c1c(F)ccc(NS(=O)(=O)C2CC[C@@H](F)C2)c1F)c1cn(C(=O)c2c(Cl)cccc2Cl)c2ncc(-c3cnc(C4CC4)nc3)cc12.O=S(=O)(Cl)C1CC[C@@H](F)C1. The van der Waals surface area contributed by atoms with Gasteiger partial charge in [-0.2, -0.15) is 0 Å². The molecule has 500 valence electrons. The fourth-order valence-electron chi connectivity index (χ4n) is 11.4. The number of nitrogens with two attached hydrogens (primary N) is 1. The lowest BCUT2D eigenvalue weighted by molar-refractivity contribution is 0.0955. The number of nitrogens with one attached hydrogen (secondary N) is 1. The third-order valence-corrected chi connectivity index (χ3v) is 21.9. The van der Waals surface area contributed by atoms with E-state index in [1.54, 1.807) is 43.0 Å². The van der Waals surface area contributed by atoms with Gasteiger partial charge in [-0.05, 0) is 125 Å². The third-order valence-electron chi connectivity index (χ3n) is 16.9. The largest absolute Gasteiger partial charge is 0.396 e. The monoisotopic (exact) mass is 1460 g/mol. The Hall–Kier alpha value is -8.37. The van der Waals surface area contributed by atoms with Gasteiger partial charge in [-0.1, -0.05) is 58.5 Å². The van der Waals surface area contributed by atoms with Crippen LogP contribution >= 0.6 is 57.1 Å². The Labute approximate surface area is 573 Å². The van der Waals surface area contributed by atoms with E-state index < -0.39 is 111 Å². The summed E-state index contributed by atoms with van der Waals surface area (Å²) in [5, 5.41) is -1.35. The van der Waals surface area contributed by atoms with Crippen molar-refractivity contribution in [2.24, 2.45) is 0 Å². The van der Waals surface area contributed by atoms with Crippen LogP contribution in [0.3, 0.4) is 0 Å². The molecule has 0 saturated heterocycles. The third kappa shape index (κ3) is 14.2. The summed E-state index contributed by atoms with van der Waals surface area (Å²) in [5.74, 6) is -6.58. The van der Waals surface area contributed by atoms with Crippen LogP contribution < -0.4 is 10.5 Å². The van der Waals surface area contributed by atoms with E-state index in [1.807, 2.05) is 0 Å². The molecule has 2 unspecified atom stereocenters. The molecule has 0 radical (unpaired) electrons. The number of carbonyl (C=O) groups excluding carboxylic acids is 4. The Morgan fingerprint density at radius 3 is 1.27 bits per heavy atom. The number of anilines is 2. The molecule has 31 heteroatoms. The topological polar surface area (TPSA) is 262 Å². The number of halogens is 11. The van der Waals surface area contributed by atoms with Crippen molar-refractivity contribution >= 4 is 133 Å². The van der Waals surface area contributed by atoms with Crippen molar-refractivity contribution in [3.05, 3.63) is 211 Å². The molecular formula is C66H49Cl5F6N10O8S2. The number of nitrogen functional groups attached to an aromatic ring is 1. The molecule has 14 rings (SSSR count). The molecule has 4 aliphatic carbocycles. The van der Waals surface area contributed by atoms with Gasteiger partial charge in [0.05, 0.1) is 75.3 Å². The van der Waals surface area contributed by atoms with E-state index in [4.69, 9.17) is 62.8 Å². The summed E-state index contributed by atoms with van der Waals surface area (Å²) in [7, 11) is -2.76. The van der Waals surface area contributed by atoms with Crippen LogP contribution in [0.5, 0.6) is 0 Å². The number of nitrogens with zero attached hydrogens (tertiary/aromatic N) is 8. The fraction of sp³-hybridized carbons (Fsp3) is 0.242. The lowest BCUT2D eigenvalue weighted by Gasteiger charge is -2.15. The molecule has 0 aliphatic heterocycles. The molecule has 6 aromatic heterocycles. The van der Waals surface area contributed by atoms with Gasteiger partial charge in [0.1, 0.15) is 46.9 Å². The van der Waals surface area contributed by atoms with Crippen molar-refractivity contribution < 1.29 is 62.4 Å². The highest BCUT2D eigenvalue weighted by Crippen LogP contribution is 2.41. The first-order valence-electron chi connectivity index (χ1n) is 29.9. The van der Waals surface area contributed by atoms with Crippen LogP contribution in [-0.4, -0.2) is 102 Å². The van der Waals surface area contributed by atoms with Crippen LogP contribution in [0.1, 0.15) is 140 Å². The zero-order chi connectivity index (χ0) is 69.1. The van der Waals surface area contributed by atoms with Crippen molar-refractivity contribution in [3.63, 3.8) is 0 Å². The molecule has 97 heavy (non-hydrogen) atoms. The summed E-state index contributed by atoms with van der Waals surface area (Å²) >= 11 is 25.1. The molecule has 10 aromatic rings. The normalized spacial score (nSPS) is 17.7. The fourth-order valence-corrected chi connectivity index (χ4v) is 15.4. The van der Waals surface area contributed by atoms with Gasteiger partial charge in [0.2, 0.25) is 30.6 Å². The Kier molecular flexibility index (Phi) is 19.4. The number of hydrogen-bond donors (Lipinski definition) is 2. The quantitative estimate of drug-likeness (QED) is 0.0444. The highest BCUT2D eigenvalue weighted by molar-refractivity contribution is 8.14. The standard InChI is InChI=1S/C33H24Cl2F3N5O4S.C28H17Cl2F2N5O2.C5H8ClFO2S/c34-23-2-1-3-24(35)27(23)33(45)43-15-22(21-10-17(12-41-32(21)43)18-13-39-31(40-14-18)16-4-5-16)30(44)28-25(37)8-9-26(29(28)38)42-48(46,47)20-7-6-19(36)11-20;29-18-2-1-3-19(30)22(18)28(39)37-12-17(25(38)23-20(31)6-7-21(33)24(23)32)16-8-14(9-36-27(16)37)15-10-34-26(35-11-15)13-4-5-13;6-10(8,9)5-2-1-4(7)3-5/h1-3,8-10,12-16,19-20,42H,4-7,11H2;1-3,6-13H,4-5,33H2;4-5H,1-3H2/t19-,20?;;4-,5?/m1.1/s1. The van der Waals surface area contributed by atoms with Gasteiger partial charge in [0, 0.05) is 105 Å². The minimum atomic E-state index is -4.27. The minimum Gasteiger partial charge on any atom is -0.396 e. The van der Waals surface area contributed by atoms with Gasteiger partial charge in [-0.3, -0.25) is 33.0 Å². The van der Waals surface area contributed by atoms with Gasteiger partial charge in [0.15, 0.2) is 11.6 Å². The van der Waals surface area contributed by atoms with Crippen LogP contribution in [-0.2, 0) is 19.1 Å². The average molecular weight is 1470 g/mol. The number of hydrogen-bond acceptors (Lipinski definition) is 15. The second-order valence-electron chi connectivity index (χ2n) is 23.5. The van der Waals surface area contributed by atoms with Crippen molar-refractivity contribution in [1.82, 2.24) is 39.0 Å². The van der Waals surface area contributed by atoms with Gasteiger partial charge in [0.25, 0.3) is 11.8 Å². The molecule has 18 nitrogen and oxygen atoms in total. The van der Waals surface area contributed by atoms with E-state index in [0.717, 1.165) is 71.1 Å². The molecular weight excluding hydrogens is 1420 g/mol. The number of rotatable bonds is 14. The Bertz CT molecular complexity index is 5070. The Morgan fingerprint density at radius 1 is 0.495 bits per heavy atom. The predicted molar refractivity (Wildman–Crippen MR) is 354 cm³/mol. The highest BCUT2D eigenvalue weighted by Gasteiger charge is 2.38. The molecule has 4 saturated carbocycles. The highest BCUT2D eigenvalue weighted by atomic mass is 35.7. The first kappa shape index (κ1) is 68.6. The zero-order valence-corrected chi connectivity index (χ0v) is 55.4. The molecule has 4 atom stereocenters. The number of alkyl halides is 2. The van der Waals surface area contributed by atoms with Gasteiger partial charge >= 0.3 is 0 Å². The molecule has 4 aromatic carbocycles. The number of benzene rings is 4. The molecule has 0 spiro atoms. The molecule has 4 fully saturated rings. The van der Waals surface area contributed by atoms with E-state index >= 15 is 8.78 Å². The summed E-state index contributed by atoms with van der Waals surface area (Å²) in [6, 6.07) is 15.6. The van der Waals surface area contributed by atoms with E-state index in [9.17, 15) is 53.6 Å². The molecule has 4 aliphatic rings. The van der Waals surface area contributed by atoms with Crippen LogP contribution in [0.2, 0.25) is 20.1 Å². The van der Waals surface area contributed by atoms with E-state index in [0.29, 0.717) is 52.8 Å². The maximum atomic E-state index is 15.9. The number of ketones is 2. The van der Waals surface area contributed by atoms with Crippen molar-refractivity contribution in [2.45, 2.75) is 98.9 Å². The second-order valence-corrected chi connectivity index (χ2v) is 30.0. The Morgan fingerprint density at radius 2 is 0.887 bits per heavy atom. The van der Waals surface area contributed by atoms with Gasteiger partial charge < -0.3 is 5.73 Å². The molecule has 0 bridgehead atoms. The van der Waals surface area contributed by atoms with Crippen LogP contribution in [0.25, 0.3) is 44.3 Å². The smallest absolute Gasteiger partial charge is 0.266 e. The minimum absolute atomic E-state index is 0.0187. The van der Waals surface area contributed by atoms with Gasteiger partial charge in [-0.15, -0.1) is 0 Å². The van der Waals surface area contributed by atoms with E-state index in [2.05, 4.69) is 34.6 Å². The van der Waals surface area contributed by atoms with Crippen LogP contribution in [0.4, 0.5) is 37.7 Å². The number of sulfonamides is 1. The summed E-state index contributed by atoms with van der Waals surface area (Å²) in [6.45, 7) is 0. The van der Waals surface area contributed by atoms with Crippen molar-refractivity contribution in [1.29, 1.82) is 0 Å². The first-order chi connectivity index (χ1) is 46.2. The maximum absolute atomic E-state index is 15.9. The Balaban J connectivity index is 0.000000164. The predicted octanol–water partition coefficient (Wildman–Crippen LogP) is 15.4. The number of pyridine rings is 2. The zero-order valence-electron chi connectivity index (χ0n) is 50.0. The summed E-state index contributed by atoms with van der Waals surface area (Å²) in [6.07, 6.45) is 14.0. The van der Waals surface area contributed by atoms with E-state index in [-0.39, 0.29) is 90.1 Å². The lowest BCUT2D eigenvalue weighted by Crippen LogP contribution is -2.26. The lowest BCUT2D eigenvalue weighted by atomic mass is 10.0. The van der Waals surface area contributed by atoms with Crippen LogP contribution in [0.15, 0.2) is 122 Å². The molecule has 3 N–H and O–H groups in total. The average Bonchev–Trinajstić information content (AvgIpc) is 1.61. The summed E-state index contributed by atoms with van der Waals surface area (Å²) in [5.41, 5.74) is 4.16. The van der Waals surface area contributed by atoms with Crippen LogP contribution in [0, 0.1) is 23.3 Å². The van der Waals surface area contributed by atoms with Crippen molar-refractivity contribution in [2.75, 3.05) is 10.5 Å². The number of aromatic nitrogens is 8. The second kappa shape index (κ2) is 27.5. The summed E-state index contributed by atoms with van der Waals surface area (Å²) in [4.78, 5) is 81.6. The summed E-state index contributed by atoms with van der Waals surface area (Å²) < 4.78 is 138. The number of carbonyl (C=O) groups is 4.